The van der Waals surface area contributed by atoms with Gasteiger partial charge in [-0.05, 0) is 49.5 Å². The predicted octanol–water partition coefficient (Wildman–Crippen LogP) is 4.23. The fraction of sp³-hybridized carbons (Fsp3) is 0.0909. The van der Waals surface area contributed by atoms with E-state index in [1.165, 1.54) is 24.1 Å². The van der Waals surface area contributed by atoms with E-state index in [4.69, 9.17) is 16.3 Å². The molecule has 164 valence electrons. The molecule has 1 N–H and O–H groups in total. The number of anilines is 2. The van der Waals surface area contributed by atoms with Gasteiger partial charge < -0.3 is 4.74 Å². The molecule has 0 spiro atoms. The highest BCUT2D eigenvalue weighted by Gasteiger charge is 2.29. The van der Waals surface area contributed by atoms with Crippen molar-refractivity contribution in [2.75, 3.05) is 18.6 Å². The molecule has 3 aromatic carbocycles. The predicted molar refractivity (Wildman–Crippen MR) is 122 cm³/mol. The lowest BCUT2D eigenvalue weighted by Gasteiger charge is -2.30. The minimum absolute atomic E-state index is 0.0163. The van der Waals surface area contributed by atoms with E-state index in [1.807, 2.05) is 48.5 Å². The first-order chi connectivity index (χ1) is 15.3. The summed E-state index contributed by atoms with van der Waals surface area (Å²) in [6.07, 6.45) is 0. The summed E-state index contributed by atoms with van der Waals surface area (Å²) in [5, 5.41) is 0.0163. The maximum absolute atomic E-state index is 13.1. The number of nitrogens with zero attached hydrogens (tertiary/aromatic N) is 1. The third-order valence-corrected chi connectivity index (χ3v) is 7.62. The molecule has 0 aliphatic carbocycles. The third kappa shape index (κ3) is 4.24. The molecule has 0 saturated carbocycles. The van der Waals surface area contributed by atoms with Crippen molar-refractivity contribution < 1.29 is 22.7 Å². The van der Waals surface area contributed by atoms with Gasteiger partial charge in [-0.2, -0.15) is 0 Å². The van der Waals surface area contributed by atoms with E-state index in [1.54, 1.807) is 11.8 Å². The van der Waals surface area contributed by atoms with E-state index < -0.39 is 28.5 Å². The van der Waals surface area contributed by atoms with Crippen molar-refractivity contribution in [2.24, 2.45) is 0 Å². The Morgan fingerprint density at radius 1 is 1.00 bits per heavy atom. The highest BCUT2D eigenvalue weighted by molar-refractivity contribution is 7.99. The SMILES string of the molecule is CNS(=O)(=O)c1ccc(Cl)c(C(=O)OCC(=O)N2c3ccccc3Sc3ccccc32)c1. The van der Waals surface area contributed by atoms with Crippen LogP contribution in [-0.4, -0.2) is 33.9 Å². The summed E-state index contributed by atoms with van der Waals surface area (Å²) in [6, 6.07) is 18.6. The first kappa shape index (κ1) is 22.3. The molecule has 1 aliphatic heterocycles. The standard InChI is InChI=1S/C22H17ClN2O5S2/c1-24-32(28,29)14-10-11-16(23)15(12-14)22(27)30-13-21(26)25-17-6-2-4-8-19(17)31-20-9-5-3-7-18(20)25/h2-12,24H,13H2,1H3. The summed E-state index contributed by atoms with van der Waals surface area (Å²) in [5.41, 5.74) is 1.24. The number of rotatable bonds is 5. The number of hydrogen-bond donors (Lipinski definition) is 1. The molecule has 1 heterocycles. The van der Waals surface area contributed by atoms with Crippen molar-refractivity contribution in [3.05, 3.63) is 77.3 Å². The first-order valence-electron chi connectivity index (χ1n) is 9.41. The van der Waals surface area contributed by atoms with Crippen molar-refractivity contribution in [1.29, 1.82) is 0 Å². The number of benzene rings is 3. The third-order valence-electron chi connectivity index (χ3n) is 4.75. The normalized spacial score (nSPS) is 12.6. The number of carbonyl (C=O) groups excluding carboxylic acids is 2. The number of halogens is 1. The Balaban J connectivity index is 1.58. The molecular formula is C22H17ClN2O5S2. The van der Waals surface area contributed by atoms with Gasteiger partial charge >= 0.3 is 5.97 Å². The van der Waals surface area contributed by atoms with E-state index in [2.05, 4.69) is 4.72 Å². The van der Waals surface area contributed by atoms with Gasteiger partial charge in [-0.1, -0.05) is 47.6 Å². The molecule has 0 fully saturated rings. The summed E-state index contributed by atoms with van der Waals surface area (Å²) >= 11 is 7.62. The van der Waals surface area contributed by atoms with Crippen LogP contribution in [0.1, 0.15) is 10.4 Å². The average molecular weight is 489 g/mol. The van der Waals surface area contributed by atoms with Gasteiger partial charge in [-0.25, -0.2) is 17.9 Å². The van der Waals surface area contributed by atoms with E-state index in [-0.39, 0.29) is 15.5 Å². The fourth-order valence-electron chi connectivity index (χ4n) is 3.19. The smallest absolute Gasteiger partial charge is 0.340 e. The number of para-hydroxylation sites is 2. The number of sulfonamides is 1. The van der Waals surface area contributed by atoms with Crippen LogP contribution in [0.4, 0.5) is 11.4 Å². The Morgan fingerprint density at radius 2 is 1.59 bits per heavy atom. The molecule has 7 nitrogen and oxygen atoms in total. The van der Waals surface area contributed by atoms with Crippen LogP contribution in [-0.2, 0) is 19.6 Å². The van der Waals surface area contributed by atoms with Gasteiger partial charge in [0.15, 0.2) is 6.61 Å². The second kappa shape index (κ2) is 8.95. The molecule has 0 saturated heterocycles. The van der Waals surface area contributed by atoms with Gasteiger partial charge in [0.1, 0.15) is 0 Å². The molecule has 0 atom stereocenters. The van der Waals surface area contributed by atoms with Crippen LogP contribution in [0.3, 0.4) is 0 Å². The molecule has 32 heavy (non-hydrogen) atoms. The van der Waals surface area contributed by atoms with E-state index in [0.29, 0.717) is 11.4 Å². The zero-order valence-electron chi connectivity index (χ0n) is 16.7. The molecule has 1 aliphatic rings. The molecule has 10 heteroatoms. The van der Waals surface area contributed by atoms with Gasteiger partial charge in [0.25, 0.3) is 5.91 Å². The number of nitrogens with one attached hydrogen (secondary N) is 1. The molecule has 0 radical (unpaired) electrons. The Bertz CT molecular complexity index is 1280. The van der Waals surface area contributed by atoms with Crippen LogP contribution in [0.2, 0.25) is 5.02 Å². The number of amides is 1. The molecule has 0 unspecified atom stereocenters. The summed E-state index contributed by atoms with van der Waals surface area (Å²) in [6.45, 7) is -0.550. The second-order valence-corrected chi connectivity index (χ2v) is 10.1. The monoisotopic (exact) mass is 488 g/mol. The van der Waals surface area contributed by atoms with Crippen LogP contribution in [0.5, 0.6) is 0 Å². The average Bonchev–Trinajstić information content (AvgIpc) is 2.80. The van der Waals surface area contributed by atoms with E-state index in [0.717, 1.165) is 15.9 Å². The second-order valence-electron chi connectivity index (χ2n) is 6.69. The largest absolute Gasteiger partial charge is 0.452 e. The van der Waals surface area contributed by atoms with Crippen LogP contribution >= 0.6 is 23.4 Å². The van der Waals surface area contributed by atoms with Gasteiger partial charge in [0.2, 0.25) is 10.0 Å². The number of ether oxygens (including phenoxy) is 1. The zero-order chi connectivity index (χ0) is 22.9. The highest BCUT2D eigenvalue weighted by Crippen LogP contribution is 2.47. The van der Waals surface area contributed by atoms with Crippen molar-refractivity contribution in [3.63, 3.8) is 0 Å². The van der Waals surface area contributed by atoms with Crippen molar-refractivity contribution >= 4 is 56.6 Å². The number of esters is 1. The van der Waals surface area contributed by atoms with Crippen LogP contribution in [0.15, 0.2) is 81.4 Å². The topological polar surface area (TPSA) is 92.8 Å². The highest BCUT2D eigenvalue weighted by atomic mass is 35.5. The Kier molecular flexibility index (Phi) is 6.25. The lowest BCUT2D eigenvalue weighted by molar-refractivity contribution is -0.121. The molecule has 0 aromatic heterocycles. The summed E-state index contributed by atoms with van der Waals surface area (Å²) < 4.78 is 31.4. The Morgan fingerprint density at radius 3 is 2.19 bits per heavy atom. The Hall–Kier alpha value is -2.85. The van der Waals surface area contributed by atoms with E-state index >= 15 is 0 Å². The molecule has 0 bridgehead atoms. The first-order valence-corrected chi connectivity index (χ1v) is 12.1. The summed E-state index contributed by atoms with van der Waals surface area (Å²) in [4.78, 5) is 28.9. The minimum Gasteiger partial charge on any atom is -0.452 e. The molecule has 3 aromatic rings. The van der Waals surface area contributed by atoms with Gasteiger partial charge in [-0.15, -0.1) is 0 Å². The number of hydrogen-bond acceptors (Lipinski definition) is 6. The summed E-state index contributed by atoms with van der Waals surface area (Å²) in [7, 11) is -2.52. The zero-order valence-corrected chi connectivity index (χ0v) is 19.1. The van der Waals surface area contributed by atoms with Crippen LogP contribution in [0, 0.1) is 0 Å². The quantitative estimate of drug-likeness (QED) is 0.540. The van der Waals surface area contributed by atoms with Gasteiger partial charge in [0.05, 0.1) is 26.9 Å². The molecule has 1 amide bonds. The molecule has 4 rings (SSSR count). The lowest BCUT2D eigenvalue weighted by atomic mass is 10.2. The van der Waals surface area contributed by atoms with Crippen molar-refractivity contribution in [2.45, 2.75) is 14.7 Å². The lowest BCUT2D eigenvalue weighted by Crippen LogP contribution is -2.32. The maximum Gasteiger partial charge on any atom is 0.340 e. The summed E-state index contributed by atoms with van der Waals surface area (Å²) in [5.74, 6) is -1.35. The number of carbonyl (C=O) groups is 2. The van der Waals surface area contributed by atoms with Gasteiger partial charge in [-0.3, -0.25) is 9.69 Å². The van der Waals surface area contributed by atoms with Crippen molar-refractivity contribution in [3.8, 4) is 0 Å². The maximum atomic E-state index is 13.1. The fourth-order valence-corrected chi connectivity index (χ4v) is 5.20. The number of fused-ring (bicyclic) bond motifs is 2. The molecular weight excluding hydrogens is 472 g/mol. The minimum atomic E-state index is -3.78. The van der Waals surface area contributed by atoms with Crippen LogP contribution < -0.4 is 9.62 Å². The Labute approximate surface area is 194 Å². The van der Waals surface area contributed by atoms with E-state index in [9.17, 15) is 18.0 Å². The van der Waals surface area contributed by atoms with Crippen LogP contribution in [0.25, 0.3) is 0 Å². The van der Waals surface area contributed by atoms with Crippen molar-refractivity contribution in [1.82, 2.24) is 4.72 Å². The van der Waals surface area contributed by atoms with Gasteiger partial charge in [0, 0.05) is 9.79 Å².